The maximum atomic E-state index is 2.64. The Bertz CT molecular complexity index is 434. The standard InChI is InChI=1S/C16H36P3Si2/c1-15(2,3)13-17-14(16(4,5)6)19(21(10,11)12)18(13)20(7,8)9/h1-12H3/q-1. The molecule has 0 bridgehead atoms. The topological polar surface area (TPSA) is 0 Å². The van der Waals surface area contributed by atoms with Crippen LogP contribution in [-0.4, -0.2) is 25.6 Å². The second kappa shape index (κ2) is 6.00. The number of hydrogen-bond donors (Lipinski definition) is 0. The average Bonchev–Trinajstić information content (AvgIpc) is 2.52. The fraction of sp³-hybridized carbons (Fsp3) is 0.875. The maximum absolute atomic E-state index is 2.64. The molecule has 1 rings (SSSR count). The minimum Gasteiger partial charge on any atom is -0.522 e. The molecule has 0 amide bonds. The van der Waals surface area contributed by atoms with Crippen molar-refractivity contribution in [3.8, 4) is 0 Å². The number of hydrogen-bond acceptors (Lipinski definition) is 0. The van der Waals surface area contributed by atoms with Gasteiger partial charge in [0.1, 0.15) is 0 Å². The largest absolute Gasteiger partial charge is 0.522 e. The molecule has 0 radical (unpaired) electrons. The van der Waals surface area contributed by atoms with Crippen LogP contribution in [0.2, 0.25) is 39.3 Å². The highest BCUT2D eigenvalue weighted by atomic mass is 32.3. The zero-order valence-corrected chi connectivity index (χ0v) is 21.0. The van der Waals surface area contributed by atoms with Gasteiger partial charge in [-0.25, -0.2) is 0 Å². The summed E-state index contributed by atoms with van der Waals surface area (Å²) in [7, 11) is -0.316. The van der Waals surface area contributed by atoms with E-state index in [4.69, 9.17) is 0 Å². The van der Waals surface area contributed by atoms with Crippen LogP contribution in [0, 0.1) is 10.8 Å². The van der Waals surface area contributed by atoms with E-state index in [0.29, 0.717) is 10.8 Å². The summed E-state index contributed by atoms with van der Waals surface area (Å²) in [6.45, 7) is 30.6. The Hall–Kier alpha value is 1.33. The molecule has 21 heavy (non-hydrogen) atoms. The van der Waals surface area contributed by atoms with Gasteiger partial charge in [-0.15, -0.1) is 14.3 Å². The Labute approximate surface area is 139 Å². The van der Waals surface area contributed by atoms with Gasteiger partial charge in [-0.1, -0.05) is 80.8 Å². The Kier molecular flexibility index (Phi) is 5.82. The van der Waals surface area contributed by atoms with E-state index in [2.05, 4.69) is 80.8 Å². The van der Waals surface area contributed by atoms with Gasteiger partial charge in [0.25, 0.3) is 0 Å². The minimum atomic E-state index is -1.13. The van der Waals surface area contributed by atoms with Gasteiger partial charge in [0.2, 0.25) is 0 Å². The van der Waals surface area contributed by atoms with Crippen molar-refractivity contribution in [2.75, 3.05) is 0 Å². The molecule has 0 saturated carbocycles. The van der Waals surface area contributed by atoms with Crippen molar-refractivity contribution in [2.24, 2.45) is 10.8 Å². The van der Waals surface area contributed by atoms with Gasteiger partial charge in [-0.3, -0.25) is 0 Å². The molecule has 2 unspecified atom stereocenters. The van der Waals surface area contributed by atoms with Gasteiger partial charge in [0.15, 0.2) is 0 Å². The number of rotatable bonds is 2. The molecule has 1 aliphatic heterocycles. The van der Waals surface area contributed by atoms with Crippen molar-refractivity contribution < 1.29 is 0 Å². The lowest BCUT2D eigenvalue weighted by molar-refractivity contribution is 0.608. The van der Waals surface area contributed by atoms with E-state index in [-0.39, 0.29) is 14.3 Å². The lowest BCUT2D eigenvalue weighted by Crippen LogP contribution is -2.32. The maximum Gasteiger partial charge on any atom is 0.0789 e. The molecule has 0 aromatic heterocycles. The Morgan fingerprint density at radius 2 is 0.857 bits per heavy atom. The van der Waals surface area contributed by atoms with Gasteiger partial charge in [0.05, 0.1) is 15.5 Å². The van der Waals surface area contributed by atoms with E-state index in [9.17, 15) is 0 Å². The first kappa shape index (κ1) is 20.4. The first-order valence-corrected chi connectivity index (χ1v) is 21.0. The highest BCUT2D eigenvalue weighted by Gasteiger charge is 2.44. The molecule has 124 valence electrons. The summed E-state index contributed by atoms with van der Waals surface area (Å²) in [5.74, 6) is 0. The fourth-order valence-electron chi connectivity index (χ4n) is 2.59. The second-order valence-electron chi connectivity index (χ2n) is 10.2. The summed E-state index contributed by atoms with van der Waals surface area (Å²) in [5.41, 5.74) is 0.779. The van der Waals surface area contributed by atoms with Gasteiger partial charge in [-0.2, -0.15) is 10.1 Å². The van der Waals surface area contributed by atoms with Crippen molar-refractivity contribution >= 4 is 47.7 Å². The van der Waals surface area contributed by atoms with Crippen LogP contribution in [0.25, 0.3) is 0 Å². The molecule has 0 spiro atoms. The fourth-order valence-corrected chi connectivity index (χ4v) is 60.6. The molecule has 0 saturated heterocycles. The Morgan fingerprint density at radius 3 is 1.00 bits per heavy atom. The molecule has 1 aliphatic rings. The summed E-state index contributed by atoms with van der Waals surface area (Å²) in [4.78, 5) is 0. The molecular weight excluding hydrogens is 341 g/mol. The minimum absolute atomic E-state index is 0.140. The van der Waals surface area contributed by atoms with Crippen LogP contribution < -0.4 is 0 Å². The van der Waals surface area contributed by atoms with E-state index >= 15 is 0 Å². The normalized spacial score (nSPS) is 26.1. The van der Waals surface area contributed by atoms with Crippen LogP contribution in [-0.2, 0) is 0 Å². The monoisotopic (exact) mass is 377 g/mol. The molecule has 1 heterocycles. The quantitative estimate of drug-likeness (QED) is 0.339. The summed E-state index contributed by atoms with van der Waals surface area (Å²) < 4.78 is 0. The van der Waals surface area contributed by atoms with Crippen LogP contribution in [0.1, 0.15) is 41.5 Å². The van der Waals surface area contributed by atoms with Crippen molar-refractivity contribution in [1.82, 2.24) is 0 Å². The third kappa shape index (κ3) is 4.67. The molecule has 0 aliphatic carbocycles. The molecule has 0 aromatic rings. The van der Waals surface area contributed by atoms with Crippen molar-refractivity contribution in [1.29, 1.82) is 0 Å². The second-order valence-corrected chi connectivity index (χ2v) is 38.3. The average molecular weight is 378 g/mol. The third-order valence-electron chi connectivity index (χ3n) is 3.43. The lowest BCUT2D eigenvalue weighted by atomic mass is 10.0. The summed E-state index contributed by atoms with van der Waals surface area (Å²) >= 11 is 0. The summed E-state index contributed by atoms with van der Waals surface area (Å²) in [6.07, 6.45) is 0. The van der Waals surface area contributed by atoms with E-state index in [1.54, 1.807) is 7.83 Å². The van der Waals surface area contributed by atoms with Crippen molar-refractivity contribution in [3.05, 3.63) is 0 Å². The molecule has 0 fully saturated rings. The lowest BCUT2D eigenvalue weighted by Gasteiger charge is -2.50. The molecule has 2 atom stereocenters. The van der Waals surface area contributed by atoms with Gasteiger partial charge >= 0.3 is 0 Å². The zero-order chi connectivity index (χ0) is 17.0. The SMILES string of the molecule is CC(C)(C)C1=[P-]=C(C(C)(C)C)P([Si](C)(C)C)P1[Si](C)(C)C. The van der Waals surface area contributed by atoms with Crippen LogP contribution in [0.15, 0.2) is 0 Å². The molecule has 5 heteroatoms. The Balaban J connectivity index is 3.62. The Morgan fingerprint density at radius 1 is 0.619 bits per heavy atom. The predicted molar refractivity (Wildman–Crippen MR) is 116 cm³/mol. The highest BCUT2D eigenvalue weighted by molar-refractivity contribution is 8.68. The highest BCUT2D eigenvalue weighted by Crippen LogP contribution is 2.85. The third-order valence-corrected chi connectivity index (χ3v) is 41.7. The van der Waals surface area contributed by atoms with E-state index < -0.39 is 15.5 Å². The predicted octanol–water partition coefficient (Wildman–Crippen LogP) is 7.85. The summed E-state index contributed by atoms with van der Waals surface area (Å²) in [6, 6.07) is 0. The first-order chi connectivity index (χ1) is 8.97. The molecule has 0 N–H and O–H groups in total. The van der Waals surface area contributed by atoms with Crippen LogP contribution in [0.5, 0.6) is 0 Å². The smallest absolute Gasteiger partial charge is 0.0789 e. The van der Waals surface area contributed by atoms with Crippen molar-refractivity contribution in [3.63, 3.8) is 0 Å². The summed E-state index contributed by atoms with van der Waals surface area (Å²) in [5, 5.41) is 3.88. The first-order valence-electron chi connectivity index (χ1n) is 8.04. The van der Waals surface area contributed by atoms with E-state index in [0.717, 1.165) is 0 Å². The van der Waals surface area contributed by atoms with E-state index in [1.165, 1.54) is 0 Å². The molecule has 0 nitrogen and oxygen atoms in total. The van der Waals surface area contributed by atoms with Crippen LogP contribution in [0.3, 0.4) is 0 Å². The van der Waals surface area contributed by atoms with Crippen molar-refractivity contribution in [2.45, 2.75) is 80.8 Å². The van der Waals surface area contributed by atoms with Gasteiger partial charge in [0, 0.05) is 0 Å². The van der Waals surface area contributed by atoms with Gasteiger partial charge < -0.3 is 7.83 Å². The van der Waals surface area contributed by atoms with Crippen LogP contribution >= 0.6 is 22.1 Å². The van der Waals surface area contributed by atoms with Gasteiger partial charge in [-0.05, 0) is 10.8 Å². The molecular formula is C16H36P3Si2-. The van der Waals surface area contributed by atoms with Crippen LogP contribution in [0.4, 0.5) is 0 Å². The molecule has 0 aromatic carbocycles. The zero-order valence-electron chi connectivity index (χ0n) is 16.3. The van der Waals surface area contributed by atoms with E-state index in [1.807, 2.05) is 10.1 Å².